The van der Waals surface area contributed by atoms with Gasteiger partial charge in [-0.3, -0.25) is 4.79 Å². The summed E-state index contributed by atoms with van der Waals surface area (Å²) in [6.07, 6.45) is -8.21. The highest BCUT2D eigenvalue weighted by Gasteiger charge is 2.32. The van der Waals surface area contributed by atoms with E-state index in [0.717, 1.165) is 18.3 Å². The highest BCUT2D eigenvalue weighted by molar-refractivity contribution is 6.05. The number of nitrogens with one attached hydrogen (secondary N) is 1. The van der Waals surface area contributed by atoms with Crippen molar-refractivity contribution < 1.29 is 35.9 Å². The first-order valence-corrected chi connectivity index (χ1v) is 7.37. The van der Waals surface area contributed by atoms with Crippen LogP contribution in [0.2, 0.25) is 0 Å². The molecule has 5 nitrogen and oxygen atoms in total. The first-order valence-electron chi connectivity index (χ1n) is 7.37. The van der Waals surface area contributed by atoms with Gasteiger partial charge in [0.15, 0.2) is 6.61 Å². The number of nitrogens with two attached hydrogens (primary N) is 1. The first kappa shape index (κ1) is 26.8. The van der Waals surface area contributed by atoms with Gasteiger partial charge in [-0.25, -0.2) is 4.98 Å². The molecule has 29 heavy (non-hydrogen) atoms. The van der Waals surface area contributed by atoms with Crippen molar-refractivity contribution in [2.75, 3.05) is 11.9 Å². The first-order chi connectivity index (χ1) is 12.5. The van der Waals surface area contributed by atoms with Gasteiger partial charge in [0.05, 0.1) is 5.56 Å². The van der Waals surface area contributed by atoms with E-state index in [2.05, 4.69) is 15.0 Å². The summed E-state index contributed by atoms with van der Waals surface area (Å²) in [6, 6.07) is 5.14. The average molecular weight is 466 g/mol. The van der Waals surface area contributed by atoms with Crippen molar-refractivity contribution in [1.29, 1.82) is 0 Å². The minimum absolute atomic E-state index is 0. The maximum Gasteiger partial charge on any atom is 0.422 e. The molecule has 1 aromatic heterocycles. The number of hydrogen-bond donors (Lipinski definition) is 2. The Morgan fingerprint density at radius 1 is 1.10 bits per heavy atom. The molecule has 0 bridgehead atoms. The maximum absolute atomic E-state index is 12.9. The molecule has 0 aliphatic carbocycles. The summed E-state index contributed by atoms with van der Waals surface area (Å²) in [7, 11) is 0. The molecule has 1 heterocycles. The van der Waals surface area contributed by atoms with Crippen LogP contribution in [0.4, 0.5) is 32.0 Å². The monoisotopic (exact) mass is 465 g/mol. The molecule has 0 saturated heterocycles. The summed E-state index contributed by atoms with van der Waals surface area (Å²) in [6.45, 7) is -1.88. The van der Waals surface area contributed by atoms with Crippen LogP contribution in [0.1, 0.15) is 21.5 Å². The number of rotatable bonds is 5. The average Bonchev–Trinajstić information content (AvgIpc) is 2.58. The zero-order valence-corrected chi connectivity index (χ0v) is 15.9. The Hall–Kier alpha value is -2.24. The van der Waals surface area contributed by atoms with Crippen molar-refractivity contribution in [2.24, 2.45) is 5.73 Å². The smallest absolute Gasteiger partial charge is 0.422 e. The van der Waals surface area contributed by atoms with Crippen LogP contribution in [-0.4, -0.2) is 23.7 Å². The van der Waals surface area contributed by atoms with Gasteiger partial charge in [0.25, 0.3) is 5.91 Å². The van der Waals surface area contributed by atoms with Crippen molar-refractivity contribution in [1.82, 2.24) is 4.98 Å². The number of amides is 1. The van der Waals surface area contributed by atoms with E-state index >= 15 is 0 Å². The molecule has 2 rings (SSSR count). The maximum atomic E-state index is 12.9. The lowest BCUT2D eigenvalue weighted by Crippen LogP contribution is -2.22. The van der Waals surface area contributed by atoms with Crippen molar-refractivity contribution in [3.63, 3.8) is 0 Å². The number of carbonyl (C=O) groups is 1. The summed E-state index contributed by atoms with van der Waals surface area (Å²) in [5, 5.41) is 2.19. The van der Waals surface area contributed by atoms with Crippen molar-refractivity contribution in [3.8, 4) is 5.88 Å². The van der Waals surface area contributed by atoms with Crippen LogP contribution in [0.3, 0.4) is 0 Å². The van der Waals surface area contributed by atoms with Gasteiger partial charge in [0.2, 0.25) is 5.88 Å². The van der Waals surface area contributed by atoms with Crippen LogP contribution in [0.25, 0.3) is 0 Å². The molecule has 0 saturated carbocycles. The van der Waals surface area contributed by atoms with E-state index in [0.29, 0.717) is 6.07 Å². The molecule has 13 heteroatoms. The topological polar surface area (TPSA) is 77.2 Å². The van der Waals surface area contributed by atoms with Gasteiger partial charge < -0.3 is 15.8 Å². The minimum Gasteiger partial charge on any atom is -0.467 e. The number of carbonyl (C=O) groups excluding carboxylic acids is 1. The third-order valence-corrected chi connectivity index (χ3v) is 3.20. The molecule has 2 aromatic rings. The summed E-state index contributed by atoms with van der Waals surface area (Å²) >= 11 is 0. The summed E-state index contributed by atoms with van der Waals surface area (Å²) < 4.78 is 80.1. The highest BCUT2D eigenvalue weighted by atomic mass is 35.5. The Morgan fingerprint density at radius 2 is 1.76 bits per heavy atom. The van der Waals surface area contributed by atoms with Crippen LogP contribution >= 0.6 is 24.8 Å². The van der Waals surface area contributed by atoms with E-state index in [1.54, 1.807) is 0 Å². The summed E-state index contributed by atoms with van der Waals surface area (Å²) in [5.41, 5.74) is 3.86. The fraction of sp³-hybridized carbons (Fsp3) is 0.250. The van der Waals surface area contributed by atoms with Crippen molar-refractivity contribution >= 4 is 36.4 Å². The lowest BCUT2D eigenvalue weighted by atomic mass is 10.1. The third-order valence-electron chi connectivity index (χ3n) is 3.20. The van der Waals surface area contributed by atoms with Gasteiger partial charge in [0.1, 0.15) is 5.56 Å². The van der Waals surface area contributed by atoms with Crippen LogP contribution < -0.4 is 15.8 Å². The minimum atomic E-state index is -4.67. The predicted octanol–water partition coefficient (Wildman–Crippen LogP) is 4.60. The number of benzene rings is 1. The zero-order valence-electron chi connectivity index (χ0n) is 14.3. The molecule has 3 N–H and O–H groups in total. The van der Waals surface area contributed by atoms with Crippen LogP contribution in [0, 0.1) is 0 Å². The number of aromatic nitrogens is 1. The predicted molar refractivity (Wildman–Crippen MR) is 97.6 cm³/mol. The number of pyridine rings is 1. The Bertz CT molecular complexity index is 831. The molecule has 0 unspecified atom stereocenters. The second-order valence-electron chi connectivity index (χ2n) is 5.33. The van der Waals surface area contributed by atoms with E-state index in [-0.39, 0.29) is 48.2 Å². The summed E-state index contributed by atoms with van der Waals surface area (Å²) in [4.78, 5) is 15.8. The van der Waals surface area contributed by atoms with Gasteiger partial charge in [-0.1, -0.05) is 0 Å². The fourth-order valence-corrected chi connectivity index (χ4v) is 2.07. The fourth-order valence-electron chi connectivity index (χ4n) is 2.07. The molecule has 0 spiro atoms. The van der Waals surface area contributed by atoms with E-state index in [1.807, 2.05) is 0 Å². The van der Waals surface area contributed by atoms with Crippen LogP contribution in [0.5, 0.6) is 5.88 Å². The number of anilines is 1. The lowest BCUT2D eigenvalue weighted by Gasteiger charge is -2.14. The molecule has 0 atom stereocenters. The second-order valence-corrected chi connectivity index (χ2v) is 5.33. The Morgan fingerprint density at radius 3 is 2.31 bits per heavy atom. The number of halogens is 8. The highest BCUT2D eigenvalue weighted by Crippen LogP contribution is 2.32. The quantitative estimate of drug-likeness (QED) is 0.632. The second kappa shape index (κ2) is 10.5. The van der Waals surface area contributed by atoms with Gasteiger partial charge in [0, 0.05) is 18.4 Å². The largest absolute Gasteiger partial charge is 0.467 e. The Labute approximate surface area is 173 Å². The summed E-state index contributed by atoms with van der Waals surface area (Å²) in [5.74, 6) is -1.58. The van der Waals surface area contributed by atoms with Gasteiger partial charge >= 0.3 is 12.4 Å². The van der Waals surface area contributed by atoms with E-state index < -0.39 is 36.3 Å². The molecule has 1 aromatic carbocycles. The number of nitrogens with zero attached hydrogens (tertiary/aromatic N) is 1. The van der Waals surface area contributed by atoms with E-state index in [1.165, 1.54) is 12.1 Å². The molecular weight excluding hydrogens is 451 g/mol. The van der Waals surface area contributed by atoms with Gasteiger partial charge in [-0.05, 0) is 35.9 Å². The number of hydrogen-bond acceptors (Lipinski definition) is 4. The molecule has 0 aliphatic rings. The standard InChI is InChI=1S/C16H13F6N3O2.2ClH/c17-15(18,19)8-27-14-12(2-1-3-24-14)13(26)25-11-5-9(7-23)4-10(6-11)16(20,21)22;;/h1-6H,7-8,23H2,(H,25,26);2*1H. The van der Waals surface area contributed by atoms with Crippen LogP contribution in [0.15, 0.2) is 36.5 Å². The number of alkyl halides is 6. The molecule has 0 radical (unpaired) electrons. The van der Waals surface area contributed by atoms with E-state index in [9.17, 15) is 31.1 Å². The molecule has 1 amide bonds. The molecular formula is C16H15Cl2F6N3O2. The molecule has 0 fully saturated rings. The van der Waals surface area contributed by atoms with Crippen molar-refractivity contribution in [3.05, 3.63) is 53.2 Å². The Balaban J connectivity index is 0.00000392. The number of ether oxygens (including phenoxy) is 1. The molecule has 0 aliphatic heterocycles. The molecule has 162 valence electrons. The van der Waals surface area contributed by atoms with Crippen molar-refractivity contribution in [2.45, 2.75) is 18.9 Å². The van der Waals surface area contributed by atoms with Gasteiger partial charge in [-0.2, -0.15) is 26.3 Å². The van der Waals surface area contributed by atoms with Crippen LogP contribution in [-0.2, 0) is 12.7 Å². The normalized spacial score (nSPS) is 11.1. The Kier molecular flexibility index (Phi) is 9.70. The third kappa shape index (κ3) is 7.95. The lowest BCUT2D eigenvalue weighted by molar-refractivity contribution is -0.154. The zero-order chi connectivity index (χ0) is 20.2. The van der Waals surface area contributed by atoms with Gasteiger partial charge in [-0.15, -0.1) is 24.8 Å². The SMILES string of the molecule is Cl.Cl.NCc1cc(NC(=O)c2cccnc2OCC(F)(F)F)cc(C(F)(F)F)c1. The van der Waals surface area contributed by atoms with E-state index in [4.69, 9.17) is 5.73 Å².